The molecular formula is C17H14ClN5O2. The Bertz CT molecular complexity index is 911. The maximum absolute atomic E-state index is 11.9. The second-order valence-electron chi connectivity index (χ2n) is 4.99. The molecule has 0 fully saturated rings. The van der Waals surface area contributed by atoms with Crippen molar-refractivity contribution in [3.8, 4) is 11.3 Å². The summed E-state index contributed by atoms with van der Waals surface area (Å²) in [5, 5.41) is 14.6. The van der Waals surface area contributed by atoms with Crippen LogP contribution in [0.4, 0.5) is 5.95 Å². The van der Waals surface area contributed by atoms with E-state index in [4.69, 9.17) is 16.0 Å². The summed E-state index contributed by atoms with van der Waals surface area (Å²) in [5.74, 6) is 0.967. The highest BCUT2D eigenvalue weighted by Gasteiger charge is 2.06. The monoisotopic (exact) mass is 355 g/mol. The van der Waals surface area contributed by atoms with Crippen molar-refractivity contribution >= 4 is 29.5 Å². The zero-order valence-electron chi connectivity index (χ0n) is 13.1. The zero-order chi connectivity index (χ0) is 17.6. The lowest BCUT2D eigenvalue weighted by Crippen LogP contribution is -2.09. The quantitative estimate of drug-likeness (QED) is 0.541. The molecule has 7 nitrogen and oxygen atoms in total. The van der Waals surface area contributed by atoms with Crippen LogP contribution in [-0.4, -0.2) is 26.1 Å². The average molecular weight is 356 g/mol. The van der Waals surface area contributed by atoms with Gasteiger partial charge in [0.25, 0.3) is 11.9 Å². The summed E-state index contributed by atoms with van der Waals surface area (Å²) in [6, 6.07) is 10.9. The van der Waals surface area contributed by atoms with E-state index in [1.54, 1.807) is 30.4 Å². The number of benzene rings is 1. The number of allylic oxidation sites excluding steroid dienone is 1. The van der Waals surface area contributed by atoms with Gasteiger partial charge in [-0.25, -0.2) is 0 Å². The molecule has 0 aliphatic carbocycles. The minimum absolute atomic E-state index is 0.123. The number of furan rings is 1. The van der Waals surface area contributed by atoms with E-state index < -0.39 is 0 Å². The van der Waals surface area contributed by atoms with Gasteiger partial charge in [-0.1, -0.05) is 22.8 Å². The summed E-state index contributed by atoms with van der Waals surface area (Å²) in [6.45, 7) is 3.99. The van der Waals surface area contributed by atoms with Crippen molar-refractivity contribution in [3.63, 3.8) is 0 Å². The number of carbonyl (C=O) groups is 1. The van der Waals surface area contributed by atoms with Crippen molar-refractivity contribution < 1.29 is 9.21 Å². The first kappa shape index (κ1) is 16.7. The predicted octanol–water partition coefficient (Wildman–Crippen LogP) is 3.42. The van der Waals surface area contributed by atoms with E-state index in [-0.39, 0.29) is 11.9 Å². The van der Waals surface area contributed by atoms with Gasteiger partial charge in [-0.15, -0.1) is 11.7 Å². The lowest BCUT2D eigenvalue weighted by atomic mass is 10.2. The van der Waals surface area contributed by atoms with Crippen LogP contribution in [0.2, 0.25) is 5.02 Å². The second-order valence-corrected chi connectivity index (χ2v) is 5.42. The molecule has 8 heteroatoms. The van der Waals surface area contributed by atoms with Crippen molar-refractivity contribution in [2.24, 2.45) is 0 Å². The fourth-order valence-corrected chi connectivity index (χ4v) is 2.13. The van der Waals surface area contributed by atoms with Gasteiger partial charge in [-0.3, -0.25) is 10.1 Å². The number of aromatic nitrogens is 4. The Morgan fingerprint density at radius 1 is 1.28 bits per heavy atom. The van der Waals surface area contributed by atoms with Crippen LogP contribution in [0.1, 0.15) is 5.76 Å². The minimum atomic E-state index is -0.386. The minimum Gasteiger partial charge on any atom is -0.457 e. The normalized spacial score (nSPS) is 10.9. The molecule has 3 aromatic rings. The Morgan fingerprint density at radius 2 is 2.08 bits per heavy atom. The van der Waals surface area contributed by atoms with Crippen molar-refractivity contribution in [1.82, 2.24) is 20.2 Å². The smallest absolute Gasteiger partial charge is 0.270 e. The molecule has 3 rings (SSSR count). The van der Waals surface area contributed by atoms with Gasteiger partial charge in [-0.05, 0) is 47.7 Å². The number of nitrogens with zero attached hydrogens (tertiary/aromatic N) is 4. The summed E-state index contributed by atoms with van der Waals surface area (Å²) in [6.07, 6.45) is 4.52. The number of hydrogen-bond donors (Lipinski definition) is 1. The van der Waals surface area contributed by atoms with Gasteiger partial charge >= 0.3 is 0 Å². The van der Waals surface area contributed by atoms with Gasteiger partial charge in [0, 0.05) is 16.7 Å². The molecule has 1 amide bonds. The van der Waals surface area contributed by atoms with Gasteiger partial charge in [0.1, 0.15) is 11.5 Å². The molecule has 1 aromatic carbocycles. The molecule has 0 bridgehead atoms. The summed E-state index contributed by atoms with van der Waals surface area (Å²) >= 11 is 5.87. The Hall–Kier alpha value is -3.19. The number of tetrazole rings is 1. The molecule has 2 aromatic heterocycles. The third-order valence-corrected chi connectivity index (χ3v) is 3.39. The Labute approximate surface area is 148 Å². The predicted molar refractivity (Wildman–Crippen MR) is 94.8 cm³/mol. The number of hydrogen-bond acceptors (Lipinski definition) is 5. The largest absolute Gasteiger partial charge is 0.457 e. The average Bonchev–Trinajstić information content (AvgIpc) is 3.24. The Balaban J connectivity index is 1.62. The van der Waals surface area contributed by atoms with Crippen LogP contribution in [0.5, 0.6) is 0 Å². The van der Waals surface area contributed by atoms with E-state index >= 15 is 0 Å². The van der Waals surface area contributed by atoms with Crippen LogP contribution in [0.3, 0.4) is 0 Å². The zero-order valence-corrected chi connectivity index (χ0v) is 13.8. The molecule has 0 unspecified atom stereocenters. The Kier molecular flexibility index (Phi) is 5.06. The van der Waals surface area contributed by atoms with Gasteiger partial charge in [0.2, 0.25) is 0 Å². The maximum atomic E-state index is 11.9. The van der Waals surface area contributed by atoms with Crippen LogP contribution in [0, 0.1) is 0 Å². The standard InChI is InChI=1S/C17H14ClN5O2/c1-2-11-23-21-17(20-22-23)19-16(24)10-8-14-7-9-15(25-14)12-3-5-13(18)6-4-12/h2-10H,1,11H2,(H,19,21,24)/b10-8+. The summed E-state index contributed by atoms with van der Waals surface area (Å²) < 4.78 is 5.68. The molecule has 25 heavy (non-hydrogen) atoms. The number of anilines is 1. The number of amides is 1. The highest BCUT2D eigenvalue weighted by atomic mass is 35.5. The van der Waals surface area contributed by atoms with E-state index in [0.717, 1.165) is 5.56 Å². The van der Waals surface area contributed by atoms with E-state index in [2.05, 4.69) is 27.3 Å². The molecule has 126 valence electrons. The van der Waals surface area contributed by atoms with E-state index in [0.29, 0.717) is 23.1 Å². The molecule has 0 radical (unpaired) electrons. The highest BCUT2D eigenvalue weighted by Crippen LogP contribution is 2.24. The van der Waals surface area contributed by atoms with Crippen LogP contribution < -0.4 is 5.32 Å². The van der Waals surface area contributed by atoms with Crippen molar-refractivity contribution in [2.75, 3.05) is 5.32 Å². The first-order valence-electron chi connectivity index (χ1n) is 7.37. The van der Waals surface area contributed by atoms with Crippen molar-refractivity contribution in [2.45, 2.75) is 6.54 Å². The van der Waals surface area contributed by atoms with E-state index in [1.807, 2.05) is 18.2 Å². The number of carbonyl (C=O) groups excluding carboxylic acids is 1. The highest BCUT2D eigenvalue weighted by molar-refractivity contribution is 6.30. The van der Waals surface area contributed by atoms with Gasteiger partial charge < -0.3 is 4.42 Å². The summed E-state index contributed by atoms with van der Waals surface area (Å²) in [7, 11) is 0. The number of nitrogens with one attached hydrogen (secondary N) is 1. The molecule has 0 aliphatic rings. The number of rotatable bonds is 6. The van der Waals surface area contributed by atoms with Crippen LogP contribution in [-0.2, 0) is 11.3 Å². The second kappa shape index (κ2) is 7.59. The maximum Gasteiger partial charge on any atom is 0.270 e. The lowest BCUT2D eigenvalue weighted by molar-refractivity contribution is -0.111. The topological polar surface area (TPSA) is 85.8 Å². The summed E-state index contributed by atoms with van der Waals surface area (Å²) in [4.78, 5) is 13.2. The third kappa shape index (κ3) is 4.42. The molecule has 2 heterocycles. The third-order valence-electron chi connectivity index (χ3n) is 3.13. The summed E-state index contributed by atoms with van der Waals surface area (Å²) in [5.41, 5.74) is 0.900. The van der Waals surface area contributed by atoms with Gasteiger partial charge in [-0.2, -0.15) is 4.80 Å². The van der Waals surface area contributed by atoms with Gasteiger partial charge in [0.05, 0.1) is 6.54 Å². The van der Waals surface area contributed by atoms with E-state index in [1.165, 1.54) is 10.9 Å². The molecule has 0 atom stereocenters. The van der Waals surface area contributed by atoms with Crippen LogP contribution in [0.15, 0.2) is 59.5 Å². The fourth-order valence-electron chi connectivity index (χ4n) is 2.01. The number of halogens is 1. The van der Waals surface area contributed by atoms with Gasteiger partial charge in [0.15, 0.2) is 0 Å². The molecule has 1 N–H and O–H groups in total. The molecular weight excluding hydrogens is 342 g/mol. The Morgan fingerprint density at radius 3 is 2.84 bits per heavy atom. The SMILES string of the molecule is C=CCn1nnc(NC(=O)/C=C/c2ccc(-c3ccc(Cl)cc3)o2)n1. The van der Waals surface area contributed by atoms with Crippen LogP contribution in [0.25, 0.3) is 17.4 Å². The van der Waals surface area contributed by atoms with E-state index in [9.17, 15) is 4.79 Å². The van der Waals surface area contributed by atoms with Crippen molar-refractivity contribution in [1.29, 1.82) is 0 Å². The fraction of sp³-hybridized carbons (Fsp3) is 0.0588. The lowest BCUT2D eigenvalue weighted by Gasteiger charge is -1.96. The first-order valence-corrected chi connectivity index (χ1v) is 7.75. The molecule has 0 saturated heterocycles. The van der Waals surface area contributed by atoms with Crippen molar-refractivity contribution in [3.05, 3.63) is 65.9 Å². The van der Waals surface area contributed by atoms with Crippen LogP contribution >= 0.6 is 11.6 Å². The first-order chi connectivity index (χ1) is 12.1. The molecule has 0 saturated carbocycles. The molecule has 0 aliphatic heterocycles. The molecule has 0 spiro atoms.